The topological polar surface area (TPSA) is 98.7 Å². The van der Waals surface area contributed by atoms with E-state index in [2.05, 4.69) is 33.7 Å². The standard InChI is InChI=1S/C25H27N3O5S/c1-3-28-23-7-5-4-6-21(23)22-16-18(8-13-24(22)28)27-25(29)17-33-19-9-11-20(12-10-19)34(30,31)26-14-15-32-2/h4-13,16,26H,3,14-15,17H2,1-2H3,(H,27,29). The summed E-state index contributed by atoms with van der Waals surface area (Å²) < 4.78 is 39.5. The number of carbonyl (C=O) groups is 1. The zero-order valence-electron chi connectivity index (χ0n) is 19.1. The average molecular weight is 482 g/mol. The van der Waals surface area contributed by atoms with Gasteiger partial charge >= 0.3 is 0 Å². The number of rotatable bonds is 10. The second-order valence-corrected chi connectivity index (χ2v) is 9.46. The van der Waals surface area contributed by atoms with Crippen molar-refractivity contribution >= 4 is 43.4 Å². The average Bonchev–Trinajstić information content (AvgIpc) is 3.16. The van der Waals surface area contributed by atoms with E-state index in [0.717, 1.165) is 28.4 Å². The number of sulfonamides is 1. The number of amides is 1. The van der Waals surface area contributed by atoms with Gasteiger partial charge < -0.3 is 19.4 Å². The Balaban J connectivity index is 1.40. The van der Waals surface area contributed by atoms with Gasteiger partial charge in [0.25, 0.3) is 5.91 Å². The number of nitrogens with one attached hydrogen (secondary N) is 2. The van der Waals surface area contributed by atoms with Crippen LogP contribution in [0.3, 0.4) is 0 Å². The summed E-state index contributed by atoms with van der Waals surface area (Å²) in [5.41, 5.74) is 2.96. The molecule has 4 aromatic rings. The zero-order valence-corrected chi connectivity index (χ0v) is 19.9. The molecule has 0 bridgehead atoms. The predicted octanol–water partition coefficient (Wildman–Crippen LogP) is 3.76. The van der Waals surface area contributed by atoms with Crippen LogP contribution in [0.1, 0.15) is 6.92 Å². The largest absolute Gasteiger partial charge is 0.484 e. The van der Waals surface area contributed by atoms with E-state index in [-0.39, 0.29) is 30.6 Å². The molecule has 3 aromatic carbocycles. The van der Waals surface area contributed by atoms with Crippen molar-refractivity contribution in [1.29, 1.82) is 0 Å². The number of anilines is 1. The van der Waals surface area contributed by atoms with E-state index in [9.17, 15) is 13.2 Å². The highest BCUT2D eigenvalue weighted by Gasteiger charge is 2.14. The Morgan fingerprint density at radius 2 is 1.71 bits per heavy atom. The summed E-state index contributed by atoms with van der Waals surface area (Å²) in [6.07, 6.45) is 0. The number of para-hydroxylation sites is 1. The maximum Gasteiger partial charge on any atom is 0.262 e. The summed E-state index contributed by atoms with van der Waals surface area (Å²) in [7, 11) is -2.12. The van der Waals surface area contributed by atoms with Crippen molar-refractivity contribution in [2.75, 3.05) is 32.2 Å². The van der Waals surface area contributed by atoms with Gasteiger partial charge in [0.05, 0.1) is 11.5 Å². The molecule has 34 heavy (non-hydrogen) atoms. The second kappa shape index (κ2) is 10.3. The summed E-state index contributed by atoms with van der Waals surface area (Å²) in [5, 5.41) is 5.08. The molecule has 0 aliphatic carbocycles. The highest BCUT2D eigenvalue weighted by atomic mass is 32.2. The Bertz CT molecular complexity index is 1410. The van der Waals surface area contributed by atoms with Gasteiger partial charge in [-0.25, -0.2) is 13.1 Å². The maximum atomic E-state index is 12.5. The van der Waals surface area contributed by atoms with Gasteiger partial charge in [-0.3, -0.25) is 4.79 Å². The van der Waals surface area contributed by atoms with Crippen LogP contribution >= 0.6 is 0 Å². The number of hydrogen-bond acceptors (Lipinski definition) is 5. The van der Waals surface area contributed by atoms with Crippen LogP contribution in [0, 0.1) is 0 Å². The number of fused-ring (bicyclic) bond motifs is 3. The van der Waals surface area contributed by atoms with Crippen LogP contribution in [0.4, 0.5) is 5.69 Å². The van der Waals surface area contributed by atoms with Crippen LogP contribution in [0.15, 0.2) is 71.6 Å². The number of hydrogen-bond donors (Lipinski definition) is 2. The molecule has 0 spiro atoms. The lowest BCUT2D eigenvalue weighted by Crippen LogP contribution is -2.27. The molecular weight excluding hydrogens is 454 g/mol. The van der Waals surface area contributed by atoms with E-state index >= 15 is 0 Å². The molecule has 1 heterocycles. The number of benzene rings is 3. The Kier molecular flexibility index (Phi) is 7.16. The number of aromatic nitrogens is 1. The summed E-state index contributed by atoms with van der Waals surface area (Å²) in [4.78, 5) is 12.6. The smallest absolute Gasteiger partial charge is 0.262 e. The second-order valence-electron chi connectivity index (χ2n) is 7.69. The molecule has 9 heteroatoms. The zero-order chi connectivity index (χ0) is 24.1. The van der Waals surface area contributed by atoms with Crippen molar-refractivity contribution in [1.82, 2.24) is 9.29 Å². The molecule has 0 unspecified atom stereocenters. The van der Waals surface area contributed by atoms with Gasteiger partial charge in [0.15, 0.2) is 6.61 Å². The Morgan fingerprint density at radius 3 is 2.44 bits per heavy atom. The molecule has 4 rings (SSSR count). The minimum atomic E-state index is -3.62. The van der Waals surface area contributed by atoms with Gasteiger partial charge in [-0.1, -0.05) is 18.2 Å². The lowest BCUT2D eigenvalue weighted by Gasteiger charge is -2.10. The van der Waals surface area contributed by atoms with Gasteiger partial charge in [-0.2, -0.15) is 0 Å². The first-order chi connectivity index (χ1) is 16.4. The summed E-state index contributed by atoms with van der Waals surface area (Å²) in [6, 6.07) is 20.0. The third-order valence-corrected chi connectivity index (χ3v) is 6.95. The van der Waals surface area contributed by atoms with Crippen molar-refractivity contribution in [2.24, 2.45) is 0 Å². The third kappa shape index (κ3) is 5.06. The summed E-state index contributed by atoms with van der Waals surface area (Å²) in [6.45, 7) is 3.23. The van der Waals surface area contributed by atoms with Crippen LogP contribution in [-0.2, 0) is 26.1 Å². The first-order valence-electron chi connectivity index (χ1n) is 10.9. The molecule has 8 nitrogen and oxygen atoms in total. The molecular formula is C25H27N3O5S. The van der Waals surface area contributed by atoms with Gasteiger partial charge in [-0.15, -0.1) is 0 Å². The van der Waals surface area contributed by atoms with Gasteiger partial charge in [-0.05, 0) is 55.5 Å². The van der Waals surface area contributed by atoms with E-state index in [1.54, 1.807) is 0 Å². The van der Waals surface area contributed by atoms with E-state index in [1.165, 1.54) is 31.4 Å². The fourth-order valence-corrected chi connectivity index (χ4v) is 4.91. The lowest BCUT2D eigenvalue weighted by atomic mass is 10.1. The number of ether oxygens (including phenoxy) is 2. The SMILES string of the molecule is CCn1c2ccccc2c2cc(NC(=O)COc3ccc(S(=O)(=O)NCCOC)cc3)ccc21. The quantitative estimate of drug-likeness (QED) is 0.336. The molecule has 0 saturated carbocycles. The molecule has 1 amide bonds. The Labute approximate surface area is 198 Å². The van der Waals surface area contributed by atoms with E-state index in [1.807, 2.05) is 30.3 Å². The lowest BCUT2D eigenvalue weighted by molar-refractivity contribution is -0.118. The fourth-order valence-electron chi connectivity index (χ4n) is 3.89. The van der Waals surface area contributed by atoms with E-state index in [4.69, 9.17) is 9.47 Å². The molecule has 0 radical (unpaired) electrons. The van der Waals surface area contributed by atoms with Gasteiger partial charge in [0.1, 0.15) is 5.75 Å². The normalized spacial score (nSPS) is 11.7. The molecule has 0 saturated heterocycles. The van der Waals surface area contributed by atoms with Crippen LogP contribution in [-0.4, -0.2) is 45.8 Å². The number of nitrogens with zero attached hydrogens (tertiary/aromatic N) is 1. The Hall–Kier alpha value is -3.40. The molecule has 0 aliphatic heterocycles. The van der Waals surface area contributed by atoms with Crippen molar-refractivity contribution in [3.8, 4) is 5.75 Å². The first kappa shape index (κ1) is 23.7. The van der Waals surface area contributed by atoms with Crippen molar-refractivity contribution in [2.45, 2.75) is 18.4 Å². The third-order valence-electron chi connectivity index (χ3n) is 5.47. The monoisotopic (exact) mass is 481 g/mol. The van der Waals surface area contributed by atoms with Crippen LogP contribution in [0.25, 0.3) is 21.8 Å². The molecule has 0 fully saturated rings. The molecule has 178 valence electrons. The molecule has 2 N–H and O–H groups in total. The van der Waals surface area contributed by atoms with Gasteiger partial charge in [0.2, 0.25) is 10.0 Å². The molecule has 1 aromatic heterocycles. The van der Waals surface area contributed by atoms with E-state index in [0.29, 0.717) is 11.4 Å². The molecule has 0 aliphatic rings. The minimum absolute atomic E-state index is 0.111. The number of carbonyl (C=O) groups excluding carboxylic acids is 1. The first-order valence-corrected chi connectivity index (χ1v) is 12.4. The van der Waals surface area contributed by atoms with Gasteiger partial charge in [0, 0.05) is 47.7 Å². The molecule has 0 atom stereocenters. The Morgan fingerprint density at radius 1 is 0.971 bits per heavy atom. The highest BCUT2D eigenvalue weighted by molar-refractivity contribution is 7.89. The van der Waals surface area contributed by atoms with Crippen LogP contribution < -0.4 is 14.8 Å². The van der Waals surface area contributed by atoms with Crippen LogP contribution in [0.2, 0.25) is 0 Å². The number of methoxy groups -OCH3 is 1. The van der Waals surface area contributed by atoms with Crippen molar-refractivity contribution < 1.29 is 22.7 Å². The highest BCUT2D eigenvalue weighted by Crippen LogP contribution is 2.31. The minimum Gasteiger partial charge on any atom is -0.484 e. The van der Waals surface area contributed by atoms with Crippen molar-refractivity contribution in [3.05, 3.63) is 66.7 Å². The van der Waals surface area contributed by atoms with Crippen molar-refractivity contribution in [3.63, 3.8) is 0 Å². The fraction of sp³-hybridized carbons (Fsp3) is 0.240. The summed E-state index contributed by atoms with van der Waals surface area (Å²) >= 11 is 0. The van der Waals surface area contributed by atoms with E-state index < -0.39 is 10.0 Å². The predicted molar refractivity (Wildman–Crippen MR) is 133 cm³/mol. The summed E-state index contributed by atoms with van der Waals surface area (Å²) in [5.74, 6) is 0.0870. The number of aryl methyl sites for hydroxylation is 1. The maximum absolute atomic E-state index is 12.5. The van der Waals surface area contributed by atoms with Crippen LogP contribution in [0.5, 0.6) is 5.75 Å².